The van der Waals surface area contributed by atoms with Gasteiger partial charge in [0.15, 0.2) is 0 Å². The van der Waals surface area contributed by atoms with Gasteiger partial charge >= 0.3 is 0 Å². The molecular formula is C19H20O2. The summed E-state index contributed by atoms with van der Waals surface area (Å²) in [5.41, 5.74) is 6.03. The van der Waals surface area contributed by atoms with E-state index in [1.807, 2.05) is 12.1 Å². The Balaban J connectivity index is 1.66. The number of fused-ring (bicyclic) bond motifs is 2. The van der Waals surface area contributed by atoms with Crippen LogP contribution in [0.25, 0.3) is 0 Å². The second-order valence-electron chi connectivity index (χ2n) is 6.28. The van der Waals surface area contributed by atoms with E-state index in [0.717, 1.165) is 29.7 Å². The maximum absolute atomic E-state index is 10.7. The van der Waals surface area contributed by atoms with Crippen molar-refractivity contribution in [1.29, 1.82) is 0 Å². The number of hydrogen-bond acceptors (Lipinski definition) is 2. The predicted octanol–water partition coefficient (Wildman–Crippen LogP) is 3.58. The van der Waals surface area contributed by atoms with Crippen LogP contribution in [0.4, 0.5) is 0 Å². The number of aliphatic hydroxyl groups excluding tert-OH is 1. The molecule has 1 N–H and O–H groups in total. The molecule has 0 amide bonds. The van der Waals surface area contributed by atoms with Crippen LogP contribution in [-0.4, -0.2) is 11.2 Å². The van der Waals surface area contributed by atoms with Crippen LogP contribution in [0, 0.1) is 0 Å². The SMILES string of the molecule is CC1Cc2cc(C(O)c3ccc4c(c3)CCC4)ccc2O1. The van der Waals surface area contributed by atoms with Gasteiger partial charge in [-0.1, -0.05) is 24.3 Å². The molecule has 2 atom stereocenters. The first-order valence-electron chi connectivity index (χ1n) is 7.80. The minimum Gasteiger partial charge on any atom is -0.490 e. The molecule has 0 aromatic heterocycles. The first-order chi connectivity index (χ1) is 10.2. The van der Waals surface area contributed by atoms with Gasteiger partial charge in [0.25, 0.3) is 0 Å². The Bertz CT molecular complexity index is 690. The molecule has 0 saturated carbocycles. The quantitative estimate of drug-likeness (QED) is 0.911. The minimum atomic E-state index is -0.544. The molecule has 0 bridgehead atoms. The molecular weight excluding hydrogens is 260 g/mol. The van der Waals surface area contributed by atoms with E-state index in [-0.39, 0.29) is 6.10 Å². The van der Waals surface area contributed by atoms with Crippen molar-refractivity contribution in [2.45, 2.75) is 44.8 Å². The molecule has 108 valence electrons. The predicted molar refractivity (Wildman–Crippen MR) is 82.8 cm³/mol. The highest BCUT2D eigenvalue weighted by Gasteiger charge is 2.21. The molecule has 2 unspecified atom stereocenters. The number of aryl methyl sites for hydroxylation is 2. The summed E-state index contributed by atoms with van der Waals surface area (Å²) in [5.74, 6) is 0.965. The van der Waals surface area contributed by atoms with Crippen LogP contribution in [0.5, 0.6) is 5.75 Å². The van der Waals surface area contributed by atoms with Crippen LogP contribution in [0.3, 0.4) is 0 Å². The summed E-state index contributed by atoms with van der Waals surface area (Å²) in [5, 5.41) is 10.7. The molecule has 1 heterocycles. The van der Waals surface area contributed by atoms with E-state index in [2.05, 4.69) is 31.2 Å². The van der Waals surface area contributed by atoms with Crippen molar-refractivity contribution in [3.8, 4) is 5.75 Å². The Kier molecular flexibility index (Phi) is 3.00. The van der Waals surface area contributed by atoms with Crippen LogP contribution in [-0.2, 0) is 19.3 Å². The van der Waals surface area contributed by atoms with Crippen LogP contribution in [0.2, 0.25) is 0 Å². The molecule has 1 aliphatic heterocycles. The molecule has 0 spiro atoms. The normalized spacial score (nSPS) is 20.8. The van der Waals surface area contributed by atoms with Gasteiger partial charge in [0, 0.05) is 6.42 Å². The van der Waals surface area contributed by atoms with E-state index in [9.17, 15) is 5.11 Å². The molecule has 0 saturated heterocycles. The van der Waals surface area contributed by atoms with E-state index in [1.165, 1.54) is 29.5 Å². The summed E-state index contributed by atoms with van der Waals surface area (Å²) < 4.78 is 5.73. The fourth-order valence-electron chi connectivity index (χ4n) is 3.57. The lowest BCUT2D eigenvalue weighted by Crippen LogP contribution is -2.05. The first kappa shape index (κ1) is 12.9. The number of hydrogen-bond donors (Lipinski definition) is 1. The molecule has 21 heavy (non-hydrogen) atoms. The van der Waals surface area contributed by atoms with E-state index >= 15 is 0 Å². The van der Waals surface area contributed by atoms with Gasteiger partial charge in [-0.15, -0.1) is 0 Å². The van der Waals surface area contributed by atoms with Crippen molar-refractivity contribution in [2.75, 3.05) is 0 Å². The zero-order valence-corrected chi connectivity index (χ0v) is 12.3. The second-order valence-corrected chi connectivity index (χ2v) is 6.28. The summed E-state index contributed by atoms with van der Waals surface area (Å²) in [6.07, 6.45) is 4.19. The topological polar surface area (TPSA) is 29.5 Å². The molecule has 2 aromatic rings. The van der Waals surface area contributed by atoms with Crippen molar-refractivity contribution in [1.82, 2.24) is 0 Å². The smallest absolute Gasteiger partial charge is 0.123 e. The molecule has 4 rings (SSSR count). The molecule has 2 aromatic carbocycles. The van der Waals surface area contributed by atoms with Crippen LogP contribution in [0.15, 0.2) is 36.4 Å². The Morgan fingerprint density at radius 1 is 1.00 bits per heavy atom. The van der Waals surface area contributed by atoms with Crippen molar-refractivity contribution in [3.63, 3.8) is 0 Å². The van der Waals surface area contributed by atoms with Gasteiger partial charge in [0.05, 0.1) is 0 Å². The van der Waals surface area contributed by atoms with E-state index in [4.69, 9.17) is 4.74 Å². The summed E-state index contributed by atoms with van der Waals surface area (Å²) in [7, 11) is 0. The Morgan fingerprint density at radius 3 is 2.57 bits per heavy atom. The lowest BCUT2D eigenvalue weighted by molar-refractivity contribution is 0.220. The first-order valence-corrected chi connectivity index (χ1v) is 7.80. The fourth-order valence-corrected chi connectivity index (χ4v) is 3.57. The average Bonchev–Trinajstić information content (AvgIpc) is 3.09. The largest absolute Gasteiger partial charge is 0.490 e. The zero-order chi connectivity index (χ0) is 14.4. The Morgan fingerprint density at radius 2 is 1.71 bits per heavy atom. The van der Waals surface area contributed by atoms with Crippen molar-refractivity contribution in [2.24, 2.45) is 0 Å². The zero-order valence-electron chi connectivity index (χ0n) is 12.3. The standard InChI is InChI=1S/C19H20O2/c1-12-9-17-11-16(7-8-18(17)21-12)19(20)15-6-5-13-3-2-4-14(13)10-15/h5-8,10-12,19-20H,2-4,9H2,1H3. The van der Waals surface area contributed by atoms with E-state index in [1.54, 1.807) is 0 Å². The second kappa shape index (κ2) is 4.88. The summed E-state index contributed by atoms with van der Waals surface area (Å²) in [6, 6.07) is 12.5. The van der Waals surface area contributed by atoms with E-state index < -0.39 is 6.10 Å². The van der Waals surface area contributed by atoms with Gasteiger partial charge in [0.2, 0.25) is 0 Å². The number of rotatable bonds is 2. The highest BCUT2D eigenvalue weighted by Crippen LogP contribution is 2.34. The van der Waals surface area contributed by atoms with Gasteiger partial charge < -0.3 is 9.84 Å². The maximum atomic E-state index is 10.7. The third kappa shape index (κ3) is 2.24. The van der Waals surface area contributed by atoms with Crippen molar-refractivity contribution >= 4 is 0 Å². The van der Waals surface area contributed by atoms with Gasteiger partial charge in [-0.3, -0.25) is 0 Å². The average molecular weight is 280 g/mol. The lowest BCUT2D eigenvalue weighted by atomic mass is 9.96. The van der Waals surface area contributed by atoms with Gasteiger partial charge in [0.1, 0.15) is 18.0 Å². The van der Waals surface area contributed by atoms with Crippen LogP contribution in [0.1, 0.15) is 47.3 Å². The monoisotopic (exact) mass is 280 g/mol. The highest BCUT2D eigenvalue weighted by atomic mass is 16.5. The minimum absolute atomic E-state index is 0.243. The number of benzene rings is 2. The van der Waals surface area contributed by atoms with Crippen LogP contribution >= 0.6 is 0 Å². The van der Waals surface area contributed by atoms with Gasteiger partial charge in [-0.05, 0) is 66.1 Å². The summed E-state index contributed by atoms with van der Waals surface area (Å²) >= 11 is 0. The number of ether oxygens (including phenoxy) is 1. The summed E-state index contributed by atoms with van der Waals surface area (Å²) in [4.78, 5) is 0. The van der Waals surface area contributed by atoms with Crippen LogP contribution < -0.4 is 4.74 Å². The van der Waals surface area contributed by atoms with Gasteiger partial charge in [-0.2, -0.15) is 0 Å². The molecule has 0 radical (unpaired) electrons. The van der Waals surface area contributed by atoms with E-state index in [0.29, 0.717) is 0 Å². The molecule has 2 heteroatoms. The molecule has 1 aliphatic carbocycles. The molecule has 2 aliphatic rings. The molecule has 2 nitrogen and oxygen atoms in total. The Hall–Kier alpha value is -1.80. The number of aliphatic hydroxyl groups is 1. The van der Waals surface area contributed by atoms with Crippen molar-refractivity contribution < 1.29 is 9.84 Å². The maximum Gasteiger partial charge on any atom is 0.123 e. The third-order valence-electron chi connectivity index (χ3n) is 4.67. The third-order valence-corrected chi connectivity index (χ3v) is 4.67. The van der Waals surface area contributed by atoms with Gasteiger partial charge in [-0.25, -0.2) is 0 Å². The highest BCUT2D eigenvalue weighted by molar-refractivity contribution is 5.44. The Labute approximate surface area is 125 Å². The summed E-state index contributed by atoms with van der Waals surface area (Å²) in [6.45, 7) is 2.08. The fraction of sp³-hybridized carbons (Fsp3) is 0.368. The lowest BCUT2D eigenvalue weighted by Gasteiger charge is -2.14. The molecule has 0 fully saturated rings. The van der Waals surface area contributed by atoms with Crippen molar-refractivity contribution in [3.05, 3.63) is 64.2 Å².